The molecule has 0 bridgehead atoms. The van der Waals surface area contributed by atoms with E-state index in [0.29, 0.717) is 10.8 Å². The Balaban J connectivity index is 2.01. The molecule has 1 N–H and O–H groups in total. The quantitative estimate of drug-likeness (QED) is 0.876. The van der Waals surface area contributed by atoms with Crippen LogP contribution in [0.5, 0.6) is 0 Å². The van der Waals surface area contributed by atoms with E-state index in [1.54, 1.807) is 18.2 Å². The summed E-state index contributed by atoms with van der Waals surface area (Å²) in [7, 11) is 0. The Morgan fingerprint density at radius 2 is 2.11 bits per heavy atom. The van der Waals surface area contributed by atoms with Crippen LogP contribution in [0.25, 0.3) is 0 Å². The normalized spacial score (nSPS) is 11.8. The van der Waals surface area contributed by atoms with E-state index in [1.165, 1.54) is 0 Å². The van der Waals surface area contributed by atoms with E-state index in [4.69, 9.17) is 11.6 Å². The highest BCUT2D eigenvalue weighted by Crippen LogP contribution is 2.28. The number of aromatic amines is 1. The molecule has 0 spiro atoms. The number of hydrogen-bond acceptors (Lipinski definition) is 3. The Hall–Kier alpha value is -1.21. The summed E-state index contributed by atoms with van der Waals surface area (Å²) in [6.45, 7) is 0. The van der Waals surface area contributed by atoms with Crippen LogP contribution in [0.15, 0.2) is 29.4 Å². The number of hydrogen-bond donors (Lipinski definition) is 1. The van der Waals surface area contributed by atoms with Gasteiger partial charge in [-0.1, -0.05) is 35.5 Å². The van der Waals surface area contributed by atoms with Crippen LogP contribution in [0.1, 0.15) is 11.4 Å². The van der Waals surface area contributed by atoms with E-state index in [-0.39, 0.29) is 5.16 Å². The van der Waals surface area contributed by atoms with Crippen molar-refractivity contribution in [1.29, 1.82) is 0 Å². The van der Waals surface area contributed by atoms with Gasteiger partial charge >= 0.3 is 6.18 Å². The molecule has 0 fully saturated rings. The molecule has 0 aliphatic heterocycles. The van der Waals surface area contributed by atoms with E-state index in [2.05, 4.69) is 10.1 Å². The van der Waals surface area contributed by atoms with Gasteiger partial charge in [-0.15, -0.1) is 5.10 Å². The Bertz CT molecular complexity index is 541. The third kappa shape index (κ3) is 3.39. The average Bonchev–Trinajstić information content (AvgIpc) is 2.74. The molecular weight excluding hydrogens is 287 g/mol. The first kappa shape index (κ1) is 13.2. The maximum Gasteiger partial charge on any atom is 0.451 e. The van der Waals surface area contributed by atoms with Gasteiger partial charge in [-0.05, 0) is 17.7 Å². The topological polar surface area (TPSA) is 41.6 Å². The van der Waals surface area contributed by atoms with Gasteiger partial charge in [-0.3, -0.25) is 5.10 Å². The van der Waals surface area contributed by atoms with Crippen LogP contribution in [-0.4, -0.2) is 15.2 Å². The molecule has 0 saturated heterocycles. The minimum atomic E-state index is -4.50. The van der Waals surface area contributed by atoms with Gasteiger partial charge in [0.25, 0.3) is 0 Å². The second-order valence-electron chi connectivity index (χ2n) is 3.38. The Kier molecular flexibility index (Phi) is 3.82. The summed E-state index contributed by atoms with van der Waals surface area (Å²) < 4.78 is 36.8. The number of H-pyrrole nitrogens is 1. The van der Waals surface area contributed by atoms with Crippen molar-refractivity contribution in [2.75, 3.05) is 0 Å². The van der Waals surface area contributed by atoms with Crippen LogP contribution < -0.4 is 0 Å². The molecular formula is C10H7ClF3N3S. The fourth-order valence-electron chi connectivity index (χ4n) is 1.21. The maximum atomic E-state index is 12.3. The van der Waals surface area contributed by atoms with Gasteiger partial charge in [0.15, 0.2) is 0 Å². The van der Waals surface area contributed by atoms with E-state index in [0.717, 1.165) is 17.3 Å². The van der Waals surface area contributed by atoms with Gasteiger partial charge in [-0.25, -0.2) is 0 Å². The van der Waals surface area contributed by atoms with Crippen molar-refractivity contribution >= 4 is 23.4 Å². The first-order chi connectivity index (χ1) is 8.45. The molecule has 0 saturated carbocycles. The lowest BCUT2D eigenvalue weighted by Crippen LogP contribution is -2.07. The van der Waals surface area contributed by atoms with Gasteiger partial charge in [0.2, 0.25) is 11.0 Å². The molecule has 0 radical (unpaired) electrons. The Morgan fingerprint density at radius 3 is 2.72 bits per heavy atom. The van der Waals surface area contributed by atoms with Crippen LogP contribution in [0.4, 0.5) is 13.2 Å². The average molecular weight is 294 g/mol. The lowest BCUT2D eigenvalue weighted by atomic mass is 10.2. The summed E-state index contributed by atoms with van der Waals surface area (Å²) in [6, 6.07) is 7.07. The van der Waals surface area contributed by atoms with Gasteiger partial charge in [0.1, 0.15) is 0 Å². The van der Waals surface area contributed by atoms with Crippen LogP contribution in [0.2, 0.25) is 5.02 Å². The number of halogens is 4. The number of nitrogens with one attached hydrogen (secondary N) is 1. The monoisotopic (exact) mass is 293 g/mol. The van der Waals surface area contributed by atoms with Crippen molar-refractivity contribution < 1.29 is 13.2 Å². The first-order valence-corrected chi connectivity index (χ1v) is 6.18. The predicted octanol–water partition coefficient (Wildman–Crippen LogP) is 3.77. The fourth-order valence-corrected chi connectivity index (χ4v) is 2.17. The minimum Gasteiger partial charge on any atom is -0.254 e. The Morgan fingerprint density at radius 1 is 1.33 bits per heavy atom. The lowest BCUT2D eigenvalue weighted by molar-refractivity contribution is -0.144. The number of alkyl halides is 3. The third-order valence-corrected chi connectivity index (χ3v) is 3.14. The van der Waals surface area contributed by atoms with Crippen molar-refractivity contribution in [3.63, 3.8) is 0 Å². The molecule has 0 atom stereocenters. The van der Waals surface area contributed by atoms with Crippen molar-refractivity contribution in [2.24, 2.45) is 0 Å². The molecule has 0 aliphatic carbocycles. The lowest BCUT2D eigenvalue weighted by Gasteiger charge is -1.99. The van der Waals surface area contributed by atoms with E-state index < -0.39 is 12.0 Å². The molecule has 18 heavy (non-hydrogen) atoms. The van der Waals surface area contributed by atoms with Crippen LogP contribution in [0, 0.1) is 0 Å². The number of thioether (sulfide) groups is 1. The van der Waals surface area contributed by atoms with Gasteiger partial charge in [-0.2, -0.15) is 18.2 Å². The van der Waals surface area contributed by atoms with E-state index in [9.17, 15) is 13.2 Å². The molecule has 0 unspecified atom stereocenters. The Labute approximate surface area is 110 Å². The minimum absolute atomic E-state index is 0.0577. The van der Waals surface area contributed by atoms with Crippen LogP contribution >= 0.6 is 23.4 Å². The SMILES string of the molecule is FC(F)(F)c1nc(SCc2cccc(Cl)c2)n[nH]1. The summed E-state index contributed by atoms with van der Waals surface area (Å²) in [5, 5.41) is 5.99. The van der Waals surface area contributed by atoms with Crippen molar-refractivity contribution in [2.45, 2.75) is 17.1 Å². The number of nitrogens with zero attached hydrogens (tertiary/aromatic N) is 2. The molecule has 8 heteroatoms. The van der Waals surface area contributed by atoms with E-state index >= 15 is 0 Å². The molecule has 0 aliphatic rings. The second-order valence-corrected chi connectivity index (χ2v) is 4.76. The molecule has 1 aromatic heterocycles. The first-order valence-electron chi connectivity index (χ1n) is 4.82. The molecule has 96 valence electrons. The third-order valence-electron chi connectivity index (χ3n) is 1.99. The predicted molar refractivity (Wildman–Crippen MR) is 62.4 cm³/mol. The number of rotatable bonds is 3. The summed E-state index contributed by atoms with van der Waals surface area (Å²) in [5.74, 6) is -0.633. The molecule has 1 aromatic carbocycles. The number of benzene rings is 1. The van der Waals surface area contributed by atoms with Crippen molar-refractivity contribution in [3.8, 4) is 0 Å². The van der Waals surface area contributed by atoms with Gasteiger partial charge in [0, 0.05) is 10.8 Å². The molecule has 1 heterocycles. The highest BCUT2D eigenvalue weighted by atomic mass is 35.5. The largest absolute Gasteiger partial charge is 0.451 e. The van der Waals surface area contributed by atoms with E-state index in [1.807, 2.05) is 11.2 Å². The fraction of sp³-hybridized carbons (Fsp3) is 0.200. The van der Waals surface area contributed by atoms with Gasteiger partial charge in [0.05, 0.1) is 0 Å². The van der Waals surface area contributed by atoms with Crippen LogP contribution in [-0.2, 0) is 11.9 Å². The van der Waals surface area contributed by atoms with Crippen molar-refractivity contribution in [3.05, 3.63) is 40.7 Å². The second kappa shape index (κ2) is 5.19. The summed E-state index contributed by atoms with van der Waals surface area (Å²) in [4.78, 5) is 3.36. The molecule has 2 rings (SSSR count). The highest BCUT2D eigenvalue weighted by molar-refractivity contribution is 7.98. The van der Waals surface area contributed by atoms with Crippen LogP contribution in [0.3, 0.4) is 0 Å². The van der Waals surface area contributed by atoms with Gasteiger partial charge < -0.3 is 0 Å². The molecule has 3 nitrogen and oxygen atoms in total. The maximum absolute atomic E-state index is 12.3. The summed E-state index contributed by atoms with van der Waals surface area (Å²) in [5.41, 5.74) is 0.894. The standard InChI is InChI=1S/C10H7ClF3N3S/c11-7-3-1-2-6(4-7)5-18-9-15-8(16-17-9)10(12,13)14/h1-4H,5H2,(H,15,16,17). The number of aromatic nitrogens is 3. The zero-order valence-corrected chi connectivity index (χ0v) is 10.4. The highest BCUT2D eigenvalue weighted by Gasteiger charge is 2.35. The molecule has 2 aromatic rings. The summed E-state index contributed by atoms with van der Waals surface area (Å²) >= 11 is 6.90. The zero-order valence-electron chi connectivity index (χ0n) is 8.83. The van der Waals surface area contributed by atoms with Crippen molar-refractivity contribution in [1.82, 2.24) is 15.2 Å². The zero-order chi connectivity index (χ0) is 13.2. The smallest absolute Gasteiger partial charge is 0.254 e. The summed E-state index contributed by atoms with van der Waals surface area (Å²) in [6.07, 6.45) is -4.50. The molecule has 0 amide bonds.